The van der Waals surface area contributed by atoms with E-state index in [1.165, 1.54) is 19.0 Å². The van der Waals surface area contributed by atoms with Crippen molar-refractivity contribution in [2.75, 3.05) is 32.8 Å². The summed E-state index contributed by atoms with van der Waals surface area (Å²) in [4.78, 5) is 19.6. The molecule has 3 heterocycles. The van der Waals surface area contributed by atoms with Gasteiger partial charge in [0.25, 0.3) is 0 Å². The molecule has 1 aromatic rings. The molecule has 1 saturated carbocycles. The van der Waals surface area contributed by atoms with Gasteiger partial charge >= 0.3 is 6.18 Å². The average molecular weight is 440 g/mol. The van der Waals surface area contributed by atoms with Crippen LogP contribution in [0.4, 0.5) is 13.2 Å². The molecule has 172 valence electrons. The fraction of sp³-hybridized carbons (Fsp3) is 0.739. The first kappa shape index (κ1) is 22.5. The van der Waals surface area contributed by atoms with Gasteiger partial charge in [-0.15, -0.1) is 0 Å². The summed E-state index contributed by atoms with van der Waals surface area (Å²) in [5, 5.41) is 3.02. The summed E-state index contributed by atoms with van der Waals surface area (Å²) >= 11 is 0. The number of nitrogens with zero attached hydrogens (tertiary/aromatic N) is 2. The molecule has 1 N–H and O–H groups in total. The molecule has 2 saturated heterocycles. The minimum Gasteiger partial charge on any atom is -0.381 e. The van der Waals surface area contributed by atoms with E-state index in [1.807, 2.05) is 0 Å². The third kappa shape index (κ3) is 5.58. The van der Waals surface area contributed by atoms with Crippen LogP contribution in [-0.2, 0) is 15.7 Å². The molecule has 2 unspecified atom stereocenters. The molecular formula is C23H32F3N3O2. The Morgan fingerprint density at radius 2 is 2.00 bits per heavy atom. The maximum absolute atomic E-state index is 13.4. The number of hydrogen-bond donors (Lipinski definition) is 1. The first-order valence-corrected chi connectivity index (χ1v) is 11.4. The highest BCUT2D eigenvalue weighted by molar-refractivity contribution is 5.83. The Hall–Kier alpha value is -1.67. The molecule has 3 fully saturated rings. The Bertz CT molecular complexity index is 778. The summed E-state index contributed by atoms with van der Waals surface area (Å²) in [6, 6.07) is 0.556. The van der Waals surface area contributed by atoms with E-state index in [-0.39, 0.29) is 5.91 Å². The minimum atomic E-state index is -4.45. The lowest BCUT2D eigenvalue weighted by Gasteiger charge is -2.32. The third-order valence-corrected chi connectivity index (χ3v) is 7.08. The van der Waals surface area contributed by atoms with Gasteiger partial charge in [0.1, 0.15) is 0 Å². The van der Waals surface area contributed by atoms with Crippen molar-refractivity contribution >= 4 is 5.91 Å². The molecule has 0 aromatic carbocycles. The number of amides is 1. The van der Waals surface area contributed by atoms with Crippen LogP contribution >= 0.6 is 0 Å². The second-order valence-corrected chi connectivity index (χ2v) is 9.67. The Kier molecular flexibility index (Phi) is 6.58. The Morgan fingerprint density at radius 3 is 2.68 bits per heavy atom. The lowest BCUT2D eigenvalue weighted by atomic mass is 9.80. The number of alkyl halides is 3. The zero-order chi connectivity index (χ0) is 22.1. The van der Waals surface area contributed by atoms with Crippen LogP contribution in [0.1, 0.15) is 62.6 Å². The minimum absolute atomic E-state index is 0.0289. The molecule has 8 heteroatoms. The fourth-order valence-electron chi connectivity index (χ4n) is 5.01. The van der Waals surface area contributed by atoms with Crippen molar-refractivity contribution in [1.82, 2.24) is 15.2 Å². The number of likely N-dealkylation sites (tertiary alicyclic amines) is 1. The summed E-state index contributed by atoms with van der Waals surface area (Å²) in [5.74, 6) is 1.18. The smallest absolute Gasteiger partial charge is 0.381 e. The van der Waals surface area contributed by atoms with Crippen molar-refractivity contribution in [1.29, 1.82) is 0 Å². The number of carbonyl (C=O) groups excluding carboxylic acids is 1. The number of pyridine rings is 1. The molecule has 1 aliphatic carbocycles. The Labute approximate surface area is 181 Å². The van der Waals surface area contributed by atoms with Crippen LogP contribution in [0.25, 0.3) is 0 Å². The van der Waals surface area contributed by atoms with E-state index >= 15 is 0 Å². The molecular weight excluding hydrogens is 407 g/mol. The van der Waals surface area contributed by atoms with Gasteiger partial charge in [-0.1, -0.05) is 12.8 Å². The number of rotatable bonds is 7. The van der Waals surface area contributed by atoms with Crippen molar-refractivity contribution in [2.24, 2.45) is 17.3 Å². The van der Waals surface area contributed by atoms with Crippen LogP contribution in [0.5, 0.6) is 0 Å². The van der Waals surface area contributed by atoms with Gasteiger partial charge in [-0.05, 0) is 62.6 Å². The predicted molar refractivity (Wildman–Crippen MR) is 110 cm³/mol. The zero-order valence-corrected chi connectivity index (χ0v) is 18.1. The van der Waals surface area contributed by atoms with Gasteiger partial charge < -0.3 is 15.0 Å². The second kappa shape index (κ2) is 9.06. The molecule has 0 radical (unpaired) electrons. The maximum atomic E-state index is 13.4. The average Bonchev–Trinajstić information content (AvgIpc) is 3.46. The van der Waals surface area contributed by atoms with E-state index in [9.17, 15) is 18.0 Å². The summed E-state index contributed by atoms with van der Waals surface area (Å²) < 4.78 is 44.6. The van der Waals surface area contributed by atoms with Crippen molar-refractivity contribution < 1.29 is 22.7 Å². The molecule has 2 aliphatic heterocycles. The number of nitrogens with one attached hydrogen (secondary N) is 1. The number of carbonyl (C=O) groups is 1. The van der Waals surface area contributed by atoms with Crippen LogP contribution in [0, 0.1) is 17.3 Å². The highest BCUT2D eigenvalue weighted by Crippen LogP contribution is 2.46. The van der Waals surface area contributed by atoms with Crippen LogP contribution in [0.3, 0.4) is 0 Å². The fourth-order valence-corrected chi connectivity index (χ4v) is 5.01. The first-order valence-electron chi connectivity index (χ1n) is 11.4. The predicted octanol–water partition coefficient (Wildman–Crippen LogP) is 4.20. The van der Waals surface area contributed by atoms with Gasteiger partial charge in [-0.25, -0.2) is 0 Å². The van der Waals surface area contributed by atoms with Crippen molar-refractivity contribution in [3.63, 3.8) is 0 Å². The molecule has 1 amide bonds. The van der Waals surface area contributed by atoms with E-state index in [2.05, 4.69) is 15.2 Å². The topological polar surface area (TPSA) is 54.5 Å². The second-order valence-electron chi connectivity index (χ2n) is 9.67. The molecule has 5 nitrogen and oxygen atoms in total. The molecule has 2 atom stereocenters. The summed E-state index contributed by atoms with van der Waals surface area (Å²) in [6.45, 7) is 5.99. The first-order chi connectivity index (χ1) is 14.7. The molecule has 1 aromatic heterocycles. The largest absolute Gasteiger partial charge is 0.417 e. The van der Waals surface area contributed by atoms with Gasteiger partial charge in [0.15, 0.2) is 0 Å². The van der Waals surface area contributed by atoms with Crippen LogP contribution in [-0.4, -0.2) is 48.6 Å². The van der Waals surface area contributed by atoms with E-state index in [0.29, 0.717) is 17.4 Å². The zero-order valence-electron chi connectivity index (χ0n) is 18.1. The number of halogens is 3. The number of ether oxygens (including phenoxy) is 1. The van der Waals surface area contributed by atoms with E-state index < -0.39 is 23.2 Å². The highest BCUT2D eigenvalue weighted by Gasteiger charge is 2.48. The monoisotopic (exact) mass is 439 g/mol. The molecule has 31 heavy (non-hydrogen) atoms. The van der Waals surface area contributed by atoms with Gasteiger partial charge in [0.05, 0.1) is 17.0 Å². The van der Waals surface area contributed by atoms with Crippen LogP contribution in [0.2, 0.25) is 0 Å². The van der Waals surface area contributed by atoms with Crippen molar-refractivity contribution in [3.8, 4) is 0 Å². The maximum Gasteiger partial charge on any atom is 0.417 e. The van der Waals surface area contributed by atoms with Gasteiger partial charge in [-0.3, -0.25) is 9.78 Å². The molecule has 0 spiro atoms. The highest BCUT2D eigenvalue weighted by atomic mass is 19.4. The molecule has 3 aliphatic rings. The van der Waals surface area contributed by atoms with Crippen LogP contribution in [0.15, 0.2) is 18.5 Å². The van der Waals surface area contributed by atoms with Gasteiger partial charge in [-0.2, -0.15) is 13.2 Å². The van der Waals surface area contributed by atoms with Gasteiger partial charge in [0.2, 0.25) is 5.91 Å². The standard InChI is InChI=1S/C23H32F3N3O2/c1-16(19-10-20(13-27-12-19)23(24,25)26)28-21(30)22(11-17-2-3-17)6-7-29(15-22)14-18-4-8-31-9-5-18/h10,12-13,16-18H,2-9,11,14-15H2,1H3,(H,28,30). The summed E-state index contributed by atoms with van der Waals surface area (Å²) in [6.07, 6.45) is 3.93. The SMILES string of the molecule is CC(NC(=O)C1(CC2CC2)CCN(CC2CCOCC2)C1)c1cncc(C(F)(F)F)c1. The van der Waals surface area contributed by atoms with Crippen molar-refractivity contribution in [2.45, 2.75) is 57.7 Å². The molecule has 0 bridgehead atoms. The van der Waals surface area contributed by atoms with Crippen LogP contribution < -0.4 is 5.32 Å². The van der Waals surface area contributed by atoms with Crippen molar-refractivity contribution in [3.05, 3.63) is 29.6 Å². The lowest BCUT2D eigenvalue weighted by Crippen LogP contribution is -2.45. The molecule has 4 rings (SSSR count). The van der Waals surface area contributed by atoms with E-state index in [1.54, 1.807) is 6.92 Å². The van der Waals surface area contributed by atoms with Gasteiger partial charge in [0, 0.05) is 38.7 Å². The van der Waals surface area contributed by atoms with E-state index in [4.69, 9.17) is 4.74 Å². The quantitative estimate of drug-likeness (QED) is 0.692. The number of hydrogen-bond acceptors (Lipinski definition) is 4. The summed E-state index contributed by atoms with van der Waals surface area (Å²) in [7, 11) is 0. The normalized spacial score (nSPS) is 26.7. The van der Waals surface area contributed by atoms with E-state index in [0.717, 1.165) is 70.8 Å². The number of aromatic nitrogens is 1. The third-order valence-electron chi connectivity index (χ3n) is 7.08. The Morgan fingerprint density at radius 1 is 1.26 bits per heavy atom. The summed E-state index contributed by atoms with van der Waals surface area (Å²) in [5.41, 5.74) is -0.862. The Balaban J connectivity index is 1.42. The lowest BCUT2D eigenvalue weighted by molar-refractivity contribution is -0.137.